The Morgan fingerprint density at radius 3 is 1.60 bits per heavy atom. The molecule has 0 fully saturated rings. The molecule has 0 amide bonds. The first-order valence-corrected chi connectivity index (χ1v) is 9.10. The van der Waals surface area contributed by atoms with Crippen molar-refractivity contribution in [1.82, 2.24) is 0 Å². The zero-order valence-corrected chi connectivity index (χ0v) is 14.3. The highest BCUT2D eigenvalue weighted by molar-refractivity contribution is 6.29. The zero-order chi connectivity index (χ0) is 17.3. The Morgan fingerprint density at radius 1 is 0.720 bits per heavy atom. The van der Waals surface area contributed by atoms with Crippen molar-refractivity contribution in [1.29, 1.82) is 0 Å². The molecule has 1 aromatic carbocycles. The Labute approximate surface area is 148 Å². The molecule has 0 bridgehead atoms. The lowest BCUT2D eigenvalue weighted by Gasteiger charge is -2.28. The SMILES string of the molecule is O=C1c2ccccc2C(=O)C1(CC1=CCCC=C1)CC1=CCCC=C1. The molecule has 0 atom stereocenters. The molecule has 3 aliphatic carbocycles. The van der Waals surface area contributed by atoms with E-state index in [1.807, 2.05) is 12.1 Å². The van der Waals surface area contributed by atoms with Crippen LogP contribution in [0.3, 0.4) is 0 Å². The van der Waals surface area contributed by atoms with Gasteiger partial charge in [-0.15, -0.1) is 0 Å². The third-order valence-corrected chi connectivity index (χ3v) is 5.44. The van der Waals surface area contributed by atoms with Gasteiger partial charge in [0.1, 0.15) is 5.41 Å². The Balaban J connectivity index is 1.76. The van der Waals surface area contributed by atoms with Gasteiger partial charge in [-0.25, -0.2) is 0 Å². The lowest BCUT2D eigenvalue weighted by molar-refractivity contribution is 0.0697. The molecular weight excluding hydrogens is 308 g/mol. The van der Waals surface area contributed by atoms with Crippen molar-refractivity contribution >= 4 is 11.6 Å². The van der Waals surface area contributed by atoms with Crippen LogP contribution in [-0.4, -0.2) is 11.6 Å². The molecule has 3 aliphatic rings. The van der Waals surface area contributed by atoms with Gasteiger partial charge in [-0.1, -0.05) is 71.9 Å². The van der Waals surface area contributed by atoms with E-state index in [9.17, 15) is 9.59 Å². The van der Waals surface area contributed by atoms with Gasteiger partial charge >= 0.3 is 0 Å². The molecular formula is C23H22O2. The van der Waals surface area contributed by atoms with E-state index in [4.69, 9.17) is 0 Å². The number of fused-ring (bicyclic) bond motifs is 1. The van der Waals surface area contributed by atoms with Crippen LogP contribution in [0.5, 0.6) is 0 Å². The molecule has 0 N–H and O–H groups in total. The van der Waals surface area contributed by atoms with Crippen LogP contribution in [0.2, 0.25) is 0 Å². The molecule has 2 nitrogen and oxygen atoms in total. The molecule has 2 heteroatoms. The molecule has 0 aliphatic heterocycles. The smallest absolute Gasteiger partial charge is 0.178 e. The number of hydrogen-bond donors (Lipinski definition) is 0. The molecule has 0 radical (unpaired) electrons. The number of Topliss-reactive ketones (excluding diaryl/α,β-unsaturated/α-hetero) is 2. The average Bonchev–Trinajstić information content (AvgIpc) is 2.86. The fourth-order valence-electron chi connectivity index (χ4n) is 4.18. The summed E-state index contributed by atoms with van der Waals surface area (Å²) in [6.45, 7) is 0. The highest BCUT2D eigenvalue weighted by Gasteiger charge is 2.52. The topological polar surface area (TPSA) is 34.1 Å². The highest BCUT2D eigenvalue weighted by atomic mass is 16.2. The fourth-order valence-corrected chi connectivity index (χ4v) is 4.18. The van der Waals surface area contributed by atoms with Crippen molar-refractivity contribution in [3.8, 4) is 0 Å². The van der Waals surface area contributed by atoms with Gasteiger partial charge in [0.25, 0.3) is 0 Å². The quantitative estimate of drug-likeness (QED) is 0.694. The predicted molar refractivity (Wildman–Crippen MR) is 99.7 cm³/mol. The molecule has 0 spiro atoms. The summed E-state index contributed by atoms with van der Waals surface area (Å²) in [6.07, 6.45) is 17.8. The van der Waals surface area contributed by atoms with Gasteiger partial charge in [-0.05, 0) is 38.5 Å². The van der Waals surface area contributed by atoms with Crippen LogP contribution in [0.4, 0.5) is 0 Å². The van der Waals surface area contributed by atoms with Gasteiger partial charge in [0.05, 0.1) is 0 Å². The maximum atomic E-state index is 13.4. The van der Waals surface area contributed by atoms with Crippen molar-refractivity contribution < 1.29 is 9.59 Å². The molecule has 0 heterocycles. The van der Waals surface area contributed by atoms with Gasteiger partial charge in [0, 0.05) is 11.1 Å². The number of carbonyl (C=O) groups excluding carboxylic acids is 2. The van der Waals surface area contributed by atoms with Crippen LogP contribution in [0.1, 0.15) is 59.2 Å². The lowest BCUT2D eigenvalue weighted by atomic mass is 9.71. The molecule has 1 aromatic rings. The third-order valence-electron chi connectivity index (χ3n) is 5.44. The second-order valence-electron chi connectivity index (χ2n) is 7.16. The first kappa shape index (κ1) is 16.0. The summed E-state index contributed by atoms with van der Waals surface area (Å²) in [6, 6.07) is 7.29. The van der Waals surface area contributed by atoms with E-state index in [1.165, 1.54) is 0 Å². The Bertz CT molecular complexity index is 778. The summed E-state index contributed by atoms with van der Waals surface area (Å²) in [4.78, 5) is 26.7. The number of benzene rings is 1. The van der Waals surface area contributed by atoms with Gasteiger partial charge in [-0.3, -0.25) is 9.59 Å². The van der Waals surface area contributed by atoms with E-state index in [0.29, 0.717) is 24.0 Å². The number of allylic oxidation sites excluding steroid dienone is 8. The summed E-state index contributed by atoms with van der Waals surface area (Å²) in [5.41, 5.74) is 2.42. The van der Waals surface area contributed by atoms with Crippen molar-refractivity contribution in [2.24, 2.45) is 5.41 Å². The number of rotatable bonds is 4. The highest BCUT2D eigenvalue weighted by Crippen LogP contribution is 2.46. The summed E-state index contributed by atoms with van der Waals surface area (Å²) < 4.78 is 0. The van der Waals surface area contributed by atoms with Crippen LogP contribution in [0.15, 0.2) is 71.9 Å². The minimum absolute atomic E-state index is 0.00662. The first-order valence-electron chi connectivity index (χ1n) is 9.10. The largest absolute Gasteiger partial charge is 0.293 e. The van der Waals surface area contributed by atoms with Gasteiger partial charge in [0.2, 0.25) is 0 Å². The van der Waals surface area contributed by atoms with Crippen molar-refractivity contribution in [3.05, 3.63) is 83.0 Å². The molecule has 0 saturated carbocycles. The molecule has 0 aromatic heterocycles. The van der Waals surface area contributed by atoms with Crippen molar-refractivity contribution in [2.75, 3.05) is 0 Å². The Hall–Kier alpha value is -2.48. The van der Waals surface area contributed by atoms with Crippen LogP contribution in [0.25, 0.3) is 0 Å². The van der Waals surface area contributed by atoms with E-state index in [0.717, 1.165) is 36.8 Å². The summed E-state index contributed by atoms with van der Waals surface area (Å²) in [5, 5.41) is 0. The van der Waals surface area contributed by atoms with E-state index >= 15 is 0 Å². The Morgan fingerprint density at radius 2 is 1.20 bits per heavy atom. The summed E-state index contributed by atoms with van der Waals surface area (Å²) in [7, 11) is 0. The Kier molecular flexibility index (Phi) is 4.12. The van der Waals surface area contributed by atoms with E-state index < -0.39 is 5.41 Å². The van der Waals surface area contributed by atoms with Gasteiger partial charge in [0.15, 0.2) is 11.6 Å². The maximum Gasteiger partial charge on any atom is 0.178 e. The monoisotopic (exact) mass is 330 g/mol. The van der Waals surface area contributed by atoms with E-state index in [1.54, 1.807) is 12.1 Å². The fraction of sp³-hybridized carbons (Fsp3) is 0.304. The lowest BCUT2D eigenvalue weighted by Crippen LogP contribution is -2.34. The zero-order valence-electron chi connectivity index (χ0n) is 14.3. The minimum atomic E-state index is -0.981. The van der Waals surface area contributed by atoms with Gasteiger partial charge < -0.3 is 0 Å². The molecule has 0 unspecified atom stereocenters. The molecule has 126 valence electrons. The second kappa shape index (κ2) is 6.44. The standard InChI is InChI=1S/C23H22O2/c24-21-19-13-7-8-14-20(19)22(25)23(21,15-17-9-3-1-4-10-17)16-18-11-5-2-6-12-18/h3,5,7-14H,1-2,4,6,15-16H2. The van der Waals surface area contributed by atoms with Crippen LogP contribution < -0.4 is 0 Å². The van der Waals surface area contributed by atoms with Crippen molar-refractivity contribution in [3.63, 3.8) is 0 Å². The first-order chi connectivity index (χ1) is 12.2. The number of hydrogen-bond acceptors (Lipinski definition) is 2. The maximum absolute atomic E-state index is 13.4. The van der Waals surface area contributed by atoms with E-state index in [-0.39, 0.29) is 11.6 Å². The van der Waals surface area contributed by atoms with E-state index in [2.05, 4.69) is 36.5 Å². The average molecular weight is 330 g/mol. The summed E-state index contributed by atoms with van der Waals surface area (Å²) in [5.74, 6) is -0.0132. The third kappa shape index (κ3) is 2.76. The molecule has 4 rings (SSSR count). The number of carbonyl (C=O) groups is 2. The van der Waals surface area contributed by atoms with Crippen molar-refractivity contribution in [2.45, 2.75) is 38.5 Å². The van der Waals surface area contributed by atoms with Crippen LogP contribution >= 0.6 is 0 Å². The molecule has 25 heavy (non-hydrogen) atoms. The normalized spacial score (nSPS) is 21.1. The van der Waals surface area contributed by atoms with Gasteiger partial charge in [-0.2, -0.15) is 0 Å². The van der Waals surface area contributed by atoms with Crippen LogP contribution in [0, 0.1) is 5.41 Å². The predicted octanol–water partition coefficient (Wildman–Crippen LogP) is 5.39. The second-order valence-corrected chi connectivity index (χ2v) is 7.16. The number of ketones is 2. The molecule has 0 saturated heterocycles. The van der Waals surface area contributed by atoms with Crippen LogP contribution in [-0.2, 0) is 0 Å². The summed E-state index contributed by atoms with van der Waals surface area (Å²) >= 11 is 0. The minimum Gasteiger partial charge on any atom is -0.293 e.